The van der Waals surface area contributed by atoms with Crippen LogP contribution >= 0.6 is 0 Å². The molecule has 7 nitrogen and oxygen atoms in total. The molecule has 35 heavy (non-hydrogen) atoms. The Bertz CT molecular complexity index is 1340. The van der Waals surface area contributed by atoms with E-state index in [1.165, 1.54) is 12.1 Å². The van der Waals surface area contributed by atoms with Crippen LogP contribution in [0.3, 0.4) is 0 Å². The molecule has 0 bridgehead atoms. The van der Waals surface area contributed by atoms with E-state index in [1.54, 1.807) is 19.9 Å². The molecule has 2 aromatic heterocycles. The second-order valence-corrected chi connectivity index (χ2v) is 8.62. The lowest BCUT2D eigenvalue weighted by Gasteiger charge is -2.19. The fourth-order valence-corrected chi connectivity index (χ4v) is 4.19. The molecule has 3 aromatic rings. The summed E-state index contributed by atoms with van der Waals surface area (Å²) >= 11 is 0. The standard InChI is InChI=1S/C25H26F3N5O2/c1-13(17-9-6-10-18(20(17)26)21(27)28)30-22-19-11-16(25(35)33-23(19)32-14(2)31-22)12-29-24(34)15-7-4-3-5-8-15/h3-4,6,9-11,13,15,21H,5,7-8,12H2,1-2H3,(H,29,34)(H2,30,31,32,33,35)/t13-,15?/m1/s1. The van der Waals surface area contributed by atoms with Gasteiger partial charge >= 0.3 is 0 Å². The van der Waals surface area contributed by atoms with E-state index in [4.69, 9.17) is 0 Å². The van der Waals surface area contributed by atoms with E-state index in [9.17, 15) is 22.8 Å². The van der Waals surface area contributed by atoms with Gasteiger partial charge in [0.2, 0.25) is 5.91 Å². The lowest BCUT2D eigenvalue weighted by molar-refractivity contribution is -0.125. The van der Waals surface area contributed by atoms with Gasteiger partial charge in [-0.25, -0.2) is 23.1 Å². The Hall–Kier alpha value is -3.69. The molecule has 1 aromatic carbocycles. The van der Waals surface area contributed by atoms with Crippen molar-refractivity contribution in [2.75, 3.05) is 5.32 Å². The number of rotatable bonds is 7. The minimum atomic E-state index is -2.93. The first-order valence-corrected chi connectivity index (χ1v) is 11.4. The van der Waals surface area contributed by atoms with E-state index in [2.05, 4.69) is 25.6 Å². The Labute approximate surface area is 199 Å². The van der Waals surface area contributed by atoms with Crippen LogP contribution < -0.4 is 16.2 Å². The largest absolute Gasteiger partial charge is 0.363 e. The summed E-state index contributed by atoms with van der Waals surface area (Å²) in [5, 5.41) is 6.34. The van der Waals surface area contributed by atoms with Crippen molar-refractivity contribution in [3.63, 3.8) is 0 Å². The molecule has 0 saturated heterocycles. The second-order valence-electron chi connectivity index (χ2n) is 8.62. The molecule has 1 aliphatic carbocycles. The Morgan fingerprint density at radius 3 is 2.71 bits per heavy atom. The van der Waals surface area contributed by atoms with Crippen LogP contribution in [0.4, 0.5) is 19.0 Å². The lowest BCUT2D eigenvalue weighted by Crippen LogP contribution is -2.32. The molecule has 2 heterocycles. The smallest absolute Gasteiger partial charge is 0.266 e. The quantitative estimate of drug-likeness (QED) is 0.416. The molecule has 0 spiro atoms. The number of nitrogens with one attached hydrogen (secondary N) is 3. The lowest BCUT2D eigenvalue weighted by atomic mass is 9.93. The van der Waals surface area contributed by atoms with Crippen LogP contribution in [0, 0.1) is 18.7 Å². The second kappa shape index (κ2) is 10.3. The molecule has 1 aliphatic rings. The van der Waals surface area contributed by atoms with Crippen molar-refractivity contribution in [3.8, 4) is 0 Å². The van der Waals surface area contributed by atoms with E-state index in [-0.39, 0.29) is 29.6 Å². The number of nitrogens with zero attached hydrogens (tertiary/aromatic N) is 2. The van der Waals surface area contributed by atoms with Gasteiger partial charge in [-0.3, -0.25) is 9.59 Å². The van der Waals surface area contributed by atoms with Gasteiger partial charge in [0.05, 0.1) is 17.0 Å². The summed E-state index contributed by atoms with van der Waals surface area (Å²) in [7, 11) is 0. The monoisotopic (exact) mass is 485 g/mol. The van der Waals surface area contributed by atoms with Crippen molar-refractivity contribution in [2.24, 2.45) is 5.92 Å². The summed E-state index contributed by atoms with van der Waals surface area (Å²) in [6, 6.07) is 4.73. The van der Waals surface area contributed by atoms with Crippen molar-refractivity contribution >= 4 is 22.8 Å². The number of aromatic nitrogens is 3. The number of carbonyl (C=O) groups excluding carboxylic acids is 1. The molecule has 1 amide bonds. The average molecular weight is 486 g/mol. The topological polar surface area (TPSA) is 99.8 Å². The third kappa shape index (κ3) is 5.36. The molecule has 3 N–H and O–H groups in total. The third-order valence-corrected chi connectivity index (χ3v) is 6.11. The first-order chi connectivity index (χ1) is 16.7. The number of hydrogen-bond donors (Lipinski definition) is 3. The fourth-order valence-electron chi connectivity index (χ4n) is 4.19. The number of fused-ring (bicyclic) bond motifs is 1. The predicted molar refractivity (Wildman–Crippen MR) is 127 cm³/mol. The van der Waals surface area contributed by atoms with Crippen LogP contribution in [0.2, 0.25) is 0 Å². The van der Waals surface area contributed by atoms with Gasteiger partial charge in [-0.1, -0.05) is 30.4 Å². The summed E-state index contributed by atoms with van der Waals surface area (Å²) in [4.78, 5) is 36.5. The highest BCUT2D eigenvalue weighted by atomic mass is 19.3. The third-order valence-electron chi connectivity index (χ3n) is 6.11. The van der Waals surface area contributed by atoms with E-state index >= 15 is 0 Å². The number of hydrogen-bond acceptors (Lipinski definition) is 5. The molecule has 0 radical (unpaired) electrons. The van der Waals surface area contributed by atoms with Gasteiger partial charge in [0.15, 0.2) is 0 Å². The minimum absolute atomic E-state index is 0.0260. The van der Waals surface area contributed by atoms with Gasteiger partial charge in [-0.2, -0.15) is 0 Å². The Morgan fingerprint density at radius 2 is 2.00 bits per heavy atom. The number of H-pyrrole nitrogens is 1. The Kier molecular flexibility index (Phi) is 7.18. The van der Waals surface area contributed by atoms with Gasteiger partial charge in [0.25, 0.3) is 12.0 Å². The molecule has 0 saturated carbocycles. The number of carbonyl (C=O) groups is 1. The van der Waals surface area contributed by atoms with E-state index in [1.807, 2.05) is 12.2 Å². The van der Waals surface area contributed by atoms with Gasteiger partial charge in [-0.15, -0.1) is 0 Å². The van der Waals surface area contributed by atoms with Crippen molar-refractivity contribution in [1.29, 1.82) is 0 Å². The first kappa shape index (κ1) is 24.4. The summed E-state index contributed by atoms with van der Waals surface area (Å²) in [5.74, 6) is -0.552. The SMILES string of the molecule is Cc1nc(N[C@H](C)c2cccc(C(F)F)c2F)c2cc(CNC(=O)C3CC=CCC3)c(=O)[nH]c2n1. The molecule has 0 aliphatic heterocycles. The number of alkyl halides is 2. The summed E-state index contributed by atoms with van der Waals surface area (Å²) in [6.07, 6.45) is 3.37. The Morgan fingerprint density at radius 1 is 1.23 bits per heavy atom. The van der Waals surface area contributed by atoms with Crippen molar-refractivity contribution in [1.82, 2.24) is 20.3 Å². The molecule has 184 valence electrons. The number of anilines is 1. The number of allylic oxidation sites excluding steroid dienone is 2. The highest BCUT2D eigenvalue weighted by Gasteiger charge is 2.22. The molecule has 4 rings (SSSR count). The molecule has 2 atom stereocenters. The van der Waals surface area contributed by atoms with Crippen LogP contribution in [0.15, 0.2) is 41.2 Å². The van der Waals surface area contributed by atoms with E-state index in [0.717, 1.165) is 18.9 Å². The maximum atomic E-state index is 14.7. The normalized spacial score (nSPS) is 16.5. The van der Waals surface area contributed by atoms with Gasteiger partial charge in [0.1, 0.15) is 23.1 Å². The fraction of sp³-hybridized carbons (Fsp3) is 0.360. The predicted octanol–water partition coefficient (Wildman–Crippen LogP) is 4.85. The number of benzene rings is 1. The number of aryl methyl sites for hydroxylation is 1. The number of amides is 1. The molecule has 10 heteroatoms. The number of aromatic amines is 1. The molecular formula is C25H26F3N5O2. The number of halogens is 3. The van der Waals surface area contributed by atoms with Crippen molar-refractivity contribution in [2.45, 2.75) is 52.1 Å². The first-order valence-electron chi connectivity index (χ1n) is 11.4. The highest BCUT2D eigenvalue weighted by molar-refractivity contribution is 5.87. The van der Waals surface area contributed by atoms with Crippen LogP contribution in [0.25, 0.3) is 11.0 Å². The van der Waals surface area contributed by atoms with Gasteiger partial charge < -0.3 is 15.6 Å². The molecular weight excluding hydrogens is 459 g/mol. The van der Waals surface area contributed by atoms with Crippen molar-refractivity contribution < 1.29 is 18.0 Å². The van der Waals surface area contributed by atoms with Crippen LogP contribution in [0.1, 0.15) is 61.2 Å². The zero-order valence-corrected chi connectivity index (χ0v) is 19.4. The summed E-state index contributed by atoms with van der Waals surface area (Å²) in [5.41, 5.74) is -0.423. The van der Waals surface area contributed by atoms with E-state index < -0.39 is 29.4 Å². The summed E-state index contributed by atoms with van der Waals surface area (Å²) < 4.78 is 41.0. The molecule has 1 unspecified atom stereocenters. The molecule has 0 fully saturated rings. The minimum Gasteiger partial charge on any atom is -0.363 e. The van der Waals surface area contributed by atoms with Gasteiger partial charge in [-0.05, 0) is 39.2 Å². The average Bonchev–Trinajstić information content (AvgIpc) is 2.83. The van der Waals surface area contributed by atoms with Crippen molar-refractivity contribution in [3.05, 3.63) is 75.1 Å². The van der Waals surface area contributed by atoms with Crippen LogP contribution in [-0.2, 0) is 11.3 Å². The van der Waals surface area contributed by atoms with E-state index in [0.29, 0.717) is 29.0 Å². The van der Waals surface area contributed by atoms with Crippen LogP contribution in [-0.4, -0.2) is 20.9 Å². The summed E-state index contributed by atoms with van der Waals surface area (Å²) in [6.45, 7) is 3.29. The Balaban J connectivity index is 1.62. The zero-order chi connectivity index (χ0) is 25.1. The zero-order valence-electron chi connectivity index (χ0n) is 19.4. The highest BCUT2D eigenvalue weighted by Crippen LogP contribution is 2.30. The van der Waals surface area contributed by atoms with Crippen LogP contribution in [0.5, 0.6) is 0 Å². The maximum absolute atomic E-state index is 14.7. The number of pyridine rings is 1. The van der Waals surface area contributed by atoms with Gasteiger partial charge in [0, 0.05) is 23.6 Å². The maximum Gasteiger partial charge on any atom is 0.266 e.